The molecule has 1 aliphatic rings. The quantitative estimate of drug-likeness (QED) is 0.908. The summed E-state index contributed by atoms with van der Waals surface area (Å²) >= 11 is 1.91. The molecule has 0 saturated carbocycles. The standard InChI is InChI=1S/C14H23N3S/c1-9(2)14-11-5-6-15-7-12(11)16-13(17-14)8-18-10(3)4/h9-10,15H,5-8H2,1-4H3. The fraction of sp³-hybridized carbons (Fsp3) is 0.714. The van der Waals surface area contributed by atoms with E-state index in [-0.39, 0.29) is 0 Å². The van der Waals surface area contributed by atoms with E-state index in [1.807, 2.05) is 11.8 Å². The van der Waals surface area contributed by atoms with Crippen LogP contribution in [0.4, 0.5) is 0 Å². The van der Waals surface area contributed by atoms with Crippen LogP contribution in [0.3, 0.4) is 0 Å². The second-order valence-corrected chi connectivity index (χ2v) is 6.96. The van der Waals surface area contributed by atoms with Crippen LogP contribution in [0.15, 0.2) is 0 Å². The minimum atomic E-state index is 0.489. The van der Waals surface area contributed by atoms with Gasteiger partial charge in [0.25, 0.3) is 0 Å². The third-order valence-corrected chi connectivity index (χ3v) is 4.20. The van der Waals surface area contributed by atoms with Gasteiger partial charge in [0.2, 0.25) is 0 Å². The maximum atomic E-state index is 4.80. The Balaban J connectivity index is 2.29. The van der Waals surface area contributed by atoms with E-state index in [0.29, 0.717) is 11.2 Å². The van der Waals surface area contributed by atoms with Gasteiger partial charge >= 0.3 is 0 Å². The molecule has 0 spiro atoms. The first-order valence-electron chi connectivity index (χ1n) is 6.78. The molecule has 0 atom stereocenters. The summed E-state index contributed by atoms with van der Waals surface area (Å²) in [6, 6.07) is 0. The molecule has 0 unspecified atom stereocenters. The average Bonchev–Trinajstić information content (AvgIpc) is 2.35. The van der Waals surface area contributed by atoms with Crippen molar-refractivity contribution >= 4 is 11.8 Å². The van der Waals surface area contributed by atoms with Gasteiger partial charge in [-0.1, -0.05) is 27.7 Å². The molecular formula is C14H23N3S. The highest BCUT2D eigenvalue weighted by Gasteiger charge is 2.19. The molecule has 1 aromatic rings. The molecule has 4 heteroatoms. The van der Waals surface area contributed by atoms with Crippen LogP contribution in [0.5, 0.6) is 0 Å². The molecule has 0 amide bonds. The number of rotatable bonds is 4. The fourth-order valence-corrected chi connectivity index (χ4v) is 2.84. The van der Waals surface area contributed by atoms with E-state index in [4.69, 9.17) is 9.97 Å². The van der Waals surface area contributed by atoms with Crippen molar-refractivity contribution in [3.63, 3.8) is 0 Å². The Kier molecular flexibility index (Phi) is 4.62. The number of nitrogens with one attached hydrogen (secondary N) is 1. The van der Waals surface area contributed by atoms with Crippen LogP contribution in [0.1, 0.15) is 56.4 Å². The van der Waals surface area contributed by atoms with Crippen molar-refractivity contribution in [3.8, 4) is 0 Å². The van der Waals surface area contributed by atoms with Crippen LogP contribution < -0.4 is 5.32 Å². The number of hydrogen-bond donors (Lipinski definition) is 1. The Hall–Kier alpha value is -0.610. The predicted octanol–water partition coefficient (Wildman–Crippen LogP) is 2.89. The summed E-state index contributed by atoms with van der Waals surface area (Å²) < 4.78 is 0. The maximum Gasteiger partial charge on any atom is 0.138 e. The van der Waals surface area contributed by atoms with Crippen LogP contribution in [-0.2, 0) is 18.7 Å². The van der Waals surface area contributed by atoms with Gasteiger partial charge in [-0.3, -0.25) is 0 Å². The smallest absolute Gasteiger partial charge is 0.138 e. The Bertz CT molecular complexity index is 416. The molecule has 0 bridgehead atoms. The van der Waals surface area contributed by atoms with Gasteiger partial charge in [-0.05, 0) is 29.7 Å². The molecule has 2 rings (SSSR count). The van der Waals surface area contributed by atoms with Crippen LogP contribution in [0.2, 0.25) is 0 Å². The average molecular weight is 265 g/mol. The molecule has 1 N–H and O–H groups in total. The van der Waals surface area contributed by atoms with Gasteiger partial charge in [-0.25, -0.2) is 9.97 Å². The first kappa shape index (κ1) is 13.8. The third-order valence-electron chi connectivity index (χ3n) is 3.11. The van der Waals surface area contributed by atoms with Gasteiger partial charge in [0, 0.05) is 6.54 Å². The van der Waals surface area contributed by atoms with E-state index in [1.54, 1.807) is 0 Å². The lowest BCUT2D eigenvalue weighted by Gasteiger charge is -2.21. The van der Waals surface area contributed by atoms with Crippen molar-refractivity contribution in [3.05, 3.63) is 22.8 Å². The molecule has 100 valence electrons. The first-order valence-corrected chi connectivity index (χ1v) is 7.83. The molecule has 18 heavy (non-hydrogen) atoms. The van der Waals surface area contributed by atoms with Crippen LogP contribution >= 0.6 is 11.8 Å². The highest BCUT2D eigenvalue weighted by molar-refractivity contribution is 7.99. The summed E-state index contributed by atoms with van der Waals surface area (Å²) in [5.41, 5.74) is 3.88. The van der Waals surface area contributed by atoms with Crippen molar-refractivity contribution < 1.29 is 0 Å². The summed E-state index contributed by atoms with van der Waals surface area (Å²) in [6.45, 7) is 10.8. The van der Waals surface area contributed by atoms with Crippen LogP contribution in [-0.4, -0.2) is 21.8 Å². The minimum Gasteiger partial charge on any atom is -0.311 e. The van der Waals surface area contributed by atoms with Crippen molar-refractivity contribution in [2.24, 2.45) is 0 Å². The Labute approximate surface area is 114 Å². The van der Waals surface area contributed by atoms with Crippen molar-refractivity contribution in [1.29, 1.82) is 0 Å². The molecule has 3 nitrogen and oxygen atoms in total. The molecule has 0 radical (unpaired) electrons. The number of aromatic nitrogens is 2. The lowest BCUT2D eigenvalue weighted by Crippen LogP contribution is -2.27. The van der Waals surface area contributed by atoms with Gasteiger partial charge in [0.1, 0.15) is 5.82 Å². The van der Waals surface area contributed by atoms with E-state index in [2.05, 4.69) is 33.0 Å². The van der Waals surface area contributed by atoms with Crippen molar-refractivity contribution in [1.82, 2.24) is 15.3 Å². The first-order chi connectivity index (χ1) is 8.58. The number of fused-ring (bicyclic) bond motifs is 1. The number of thioether (sulfide) groups is 1. The SMILES string of the molecule is CC(C)SCc1nc2c(c(C(C)C)n1)CCNC2. The topological polar surface area (TPSA) is 37.8 Å². The minimum absolute atomic E-state index is 0.489. The summed E-state index contributed by atoms with van der Waals surface area (Å²) in [6.07, 6.45) is 1.07. The zero-order valence-electron chi connectivity index (χ0n) is 11.8. The second kappa shape index (κ2) is 6.02. The van der Waals surface area contributed by atoms with Gasteiger partial charge < -0.3 is 5.32 Å². The molecule has 1 aliphatic heterocycles. The highest BCUT2D eigenvalue weighted by atomic mass is 32.2. The lowest BCUT2D eigenvalue weighted by molar-refractivity contribution is 0.603. The van der Waals surface area contributed by atoms with Crippen LogP contribution in [0.25, 0.3) is 0 Å². The Morgan fingerprint density at radius 3 is 2.67 bits per heavy atom. The van der Waals surface area contributed by atoms with E-state index >= 15 is 0 Å². The van der Waals surface area contributed by atoms with E-state index < -0.39 is 0 Å². The normalized spacial score (nSPS) is 15.2. The molecular weight excluding hydrogens is 242 g/mol. The zero-order valence-corrected chi connectivity index (χ0v) is 12.6. The summed E-state index contributed by atoms with van der Waals surface area (Å²) in [5, 5.41) is 4.03. The van der Waals surface area contributed by atoms with Gasteiger partial charge in [0.15, 0.2) is 0 Å². The maximum absolute atomic E-state index is 4.80. The van der Waals surface area contributed by atoms with E-state index in [9.17, 15) is 0 Å². The summed E-state index contributed by atoms with van der Waals surface area (Å²) in [4.78, 5) is 9.53. The predicted molar refractivity (Wildman–Crippen MR) is 78.0 cm³/mol. The summed E-state index contributed by atoms with van der Waals surface area (Å²) in [5.74, 6) is 2.41. The van der Waals surface area contributed by atoms with Crippen molar-refractivity contribution in [2.75, 3.05) is 6.54 Å². The van der Waals surface area contributed by atoms with E-state index in [0.717, 1.165) is 31.1 Å². The molecule has 0 aliphatic carbocycles. The fourth-order valence-electron chi connectivity index (χ4n) is 2.22. The Morgan fingerprint density at radius 2 is 2.00 bits per heavy atom. The molecule has 0 saturated heterocycles. The van der Waals surface area contributed by atoms with Gasteiger partial charge in [-0.15, -0.1) is 0 Å². The third kappa shape index (κ3) is 3.23. The number of hydrogen-bond acceptors (Lipinski definition) is 4. The van der Waals surface area contributed by atoms with Crippen LogP contribution in [0, 0.1) is 0 Å². The highest BCUT2D eigenvalue weighted by Crippen LogP contribution is 2.24. The molecule has 0 fully saturated rings. The monoisotopic (exact) mass is 265 g/mol. The second-order valence-electron chi connectivity index (χ2n) is 5.39. The van der Waals surface area contributed by atoms with E-state index in [1.165, 1.54) is 17.0 Å². The Morgan fingerprint density at radius 1 is 1.22 bits per heavy atom. The van der Waals surface area contributed by atoms with Gasteiger partial charge in [-0.2, -0.15) is 11.8 Å². The molecule has 0 aromatic carbocycles. The summed E-state index contributed by atoms with van der Waals surface area (Å²) in [7, 11) is 0. The zero-order chi connectivity index (χ0) is 13.1. The molecule has 1 aromatic heterocycles. The largest absolute Gasteiger partial charge is 0.311 e. The number of nitrogens with zero attached hydrogens (tertiary/aromatic N) is 2. The van der Waals surface area contributed by atoms with Crippen molar-refractivity contribution in [2.45, 2.75) is 57.6 Å². The lowest BCUT2D eigenvalue weighted by atomic mass is 9.97. The van der Waals surface area contributed by atoms with Gasteiger partial charge in [0.05, 0.1) is 17.1 Å². The molecule has 2 heterocycles.